The number of nitrogens with zero attached hydrogens (tertiary/aromatic N) is 3. The number of allylic oxidation sites excluding steroid dienone is 2. The molecule has 7 nitrogen and oxygen atoms in total. The smallest absolute Gasteiger partial charge is 0.276 e. The van der Waals surface area contributed by atoms with E-state index in [4.69, 9.17) is 11.5 Å². The molecule has 148 valence electrons. The van der Waals surface area contributed by atoms with Crippen LogP contribution in [0.3, 0.4) is 0 Å². The van der Waals surface area contributed by atoms with Crippen LogP contribution in [0.15, 0.2) is 45.7 Å². The van der Waals surface area contributed by atoms with E-state index in [1.54, 1.807) is 19.1 Å². The molecule has 0 spiro atoms. The summed E-state index contributed by atoms with van der Waals surface area (Å²) in [4.78, 5) is 16.7. The number of carbonyl (C=O) groups excluding carboxylic acids is 1. The van der Waals surface area contributed by atoms with Crippen molar-refractivity contribution in [2.75, 3.05) is 13.1 Å². The third-order valence-corrected chi connectivity index (χ3v) is 6.46. The fourth-order valence-electron chi connectivity index (χ4n) is 4.05. The Labute approximate surface area is 178 Å². The summed E-state index contributed by atoms with van der Waals surface area (Å²) < 4.78 is 0.625. The zero-order valence-electron chi connectivity index (χ0n) is 16.1. The largest absolute Gasteiger partial charge is 0.404 e. The van der Waals surface area contributed by atoms with Gasteiger partial charge in [0.1, 0.15) is 11.8 Å². The molecule has 1 saturated heterocycles. The Balaban J connectivity index is 2.11. The summed E-state index contributed by atoms with van der Waals surface area (Å²) in [5, 5.41) is 19.5. The van der Waals surface area contributed by atoms with Crippen LogP contribution in [0.4, 0.5) is 0 Å². The zero-order chi connectivity index (χ0) is 21.1. The number of likely N-dealkylation sites (tertiary alicyclic amines) is 1. The number of hydrogen-bond donors (Lipinski definition) is 3. The van der Waals surface area contributed by atoms with Crippen LogP contribution >= 0.6 is 15.9 Å². The summed E-state index contributed by atoms with van der Waals surface area (Å²) in [7, 11) is 0. The minimum Gasteiger partial charge on any atom is -0.404 e. The summed E-state index contributed by atoms with van der Waals surface area (Å²) in [6.45, 7) is 2.85. The van der Waals surface area contributed by atoms with Crippen LogP contribution in [0.5, 0.6) is 0 Å². The molecular formula is C21H22BrN6O+. The Morgan fingerprint density at radius 1 is 1.31 bits per heavy atom. The maximum atomic E-state index is 11.6. The van der Waals surface area contributed by atoms with Gasteiger partial charge in [-0.05, 0) is 40.4 Å². The second-order valence-corrected chi connectivity index (χ2v) is 7.93. The van der Waals surface area contributed by atoms with Gasteiger partial charge in [0.15, 0.2) is 0 Å². The summed E-state index contributed by atoms with van der Waals surface area (Å²) in [6, 6.07) is 9.86. The van der Waals surface area contributed by atoms with E-state index in [1.165, 1.54) is 6.20 Å². The molecule has 5 N–H and O–H groups in total. The normalized spacial score (nSPS) is 21.5. The van der Waals surface area contributed by atoms with Gasteiger partial charge in [-0.15, -0.1) is 0 Å². The van der Waals surface area contributed by atoms with Crippen molar-refractivity contribution in [3.8, 4) is 12.1 Å². The second kappa shape index (κ2) is 8.50. The number of hydrogen-bond acceptors (Lipinski definition) is 5. The standard InChI is InChI=1S/C21H21BrN6O/c1-12(29)28-7-5-13(6-8-28)20-16(10-24)18(17(11-25)21(26)27-20)15-4-2-3-14(9-23)19(15)22/h2-4,11,13,18H,5-8,25H2,1H3,(H2,26,27)/p+1/b17-11-. The number of halogens is 1. The second-order valence-electron chi connectivity index (χ2n) is 7.13. The van der Waals surface area contributed by atoms with Crippen LogP contribution in [0.2, 0.25) is 0 Å². The first-order valence-electron chi connectivity index (χ1n) is 9.32. The number of amides is 1. The number of piperidine rings is 1. The zero-order valence-corrected chi connectivity index (χ0v) is 17.7. The molecule has 2 aliphatic rings. The molecule has 3 rings (SSSR count). The molecule has 1 aromatic carbocycles. The van der Waals surface area contributed by atoms with Crippen molar-refractivity contribution in [3.63, 3.8) is 0 Å². The predicted octanol–water partition coefficient (Wildman–Crippen LogP) is 0.735. The van der Waals surface area contributed by atoms with Gasteiger partial charge in [0, 0.05) is 36.6 Å². The van der Waals surface area contributed by atoms with Gasteiger partial charge in [-0.2, -0.15) is 10.5 Å². The lowest BCUT2D eigenvalue weighted by Crippen LogP contribution is -2.78. The Kier molecular flexibility index (Phi) is 6.05. The Morgan fingerprint density at radius 3 is 2.55 bits per heavy atom. The first kappa shape index (κ1) is 20.6. The van der Waals surface area contributed by atoms with E-state index in [2.05, 4.69) is 33.1 Å². The fourth-order valence-corrected chi connectivity index (χ4v) is 4.63. The van der Waals surface area contributed by atoms with E-state index in [9.17, 15) is 15.3 Å². The van der Waals surface area contributed by atoms with Gasteiger partial charge in [-0.1, -0.05) is 12.1 Å². The quantitative estimate of drug-likeness (QED) is 0.606. The molecule has 2 heterocycles. The molecule has 0 bridgehead atoms. The molecule has 1 unspecified atom stereocenters. The highest BCUT2D eigenvalue weighted by molar-refractivity contribution is 9.10. The molecule has 1 fully saturated rings. The van der Waals surface area contributed by atoms with Crippen molar-refractivity contribution >= 4 is 27.7 Å². The Morgan fingerprint density at radius 2 is 2.00 bits per heavy atom. The summed E-state index contributed by atoms with van der Waals surface area (Å²) in [5.74, 6) is 0.0622. The number of benzene rings is 1. The molecule has 1 aromatic rings. The lowest BCUT2D eigenvalue weighted by atomic mass is 9.78. The molecule has 0 radical (unpaired) electrons. The van der Waals surface area contributed by atoms with Gasteiger partial charge in [-0.25, -0.2) is 4.99 Å². The van der Waals surface area contributed by atoms with Gasteiger partial charge < -0.3 is 10.6 Å². The van der Waals surface area contributed by atoms with Crippen LogP contribution in [0, 0.1) is 28.6 Å². The van der Waals surface area contributed by atoms with Crippen LogP contribution in [-0.2, 0) is 4.79 Å². The third-order valence-electron chi connectivity index (χ3n) is 5.58. The predicted molar refractivity (Wildman–Crippen MR) is 112 cm³/mol. The van der Waals surface area contributed by atoms with E-state index in [0.717, 1.165) is 24.1 Å². The molecule has 1 atom stereocenters. The number of nitriles is 2. The van der Waals surface area contributed by atoms with E-state index in [0.29, 0.717) is 40.1 Å². The molecule has 0 saturated carbocycles. The summed E-state index contributed by atoms with van der Waals surface area (Å²) in [5.41, 5.74) is 15.3. The van der Waals surface area contributed by atoms with Crippen LogP contribution in [0.1, 0.15) is 36.8 Å². The first-order chi connectivity index (χ1) is 13.9. The molecule has 1 amide bonds. The third kappa shape index (κ3) is 3.76. The van der Waals surface area contributed by atoms with Crippen LogP contribution in [0.25, 0.3) is 0 Å². The lowest BCUT2D eigenvalue weighted by molar-refractivity contribution is -0.412. The number of rotatable bonds is 2. The minimum atomic E-state index is -0.477. The lowest BCUT2D eigenvalue weighted by Gasteiger charge is -2.33. The monoisotopic (exact) mass is 453 g/mol. The number of carbonyl (C=O) groups is 1. The molecule has 29 heavy (non-hydrogen) atoms. The van der Waals surface area contributed by atoms with Crippen molar-refractivity contribution in [1.29, 1.82) is 10.5 Å². The van der Waals surface area contributed by atoms with Crippen molar-refractivity contribution in [2.24, 2.45) is 17.4 Å². The van der Waals surface area contributed by atoms with Crippen LogP contribution in [-0.4, -0.2) is 29.7 Å². The SMILES string of the molecule is CC(=O)N1CCC(C2=C(C#N)C(c3cccc(C#N)c3Br)/C(=C/N)C(N)=[NH+]2)CC1. The number of amidine groups is 1. The highest BCUT2D eigenvalue weighted by Crippen LogP contribution is 2.40. The van der Waals surface area contributed by atoms with Gasteiger partial charge in [0.2, 0.25) is 5.91 Å². The minimum absolute atomic E-state index is 0.0593. The van der Waals surface area contributed by atoms with E-state index in [-0.39, 0.29) is 11.8 Å². The highest BCUT2D eigenvalue weighted by atomic mass is 79.9. The van der Waals surface area contributed by atoms with Gasteiger partial charge in [0.25, 0.3) is 5.84 Å². The van der Waals surface area contributed by atoms with Crippen molar-refractivity contribution in [1.82, 2.24) is 4.90 Å². The van der Waals surface area contributed by atoms with Gasteiger partial charge in [-0.3, -0.25) is 10.5 Å². The van der Waals surface area contributed by atoms with Gasteiger partial charge >= 0.3 is 0 Å². The maximum Gasteiger partial charge on any atom is 0.276 e. The van der Waals surface area contributed by atoms with Crippen LogP contribution < -0.4 is 16.5 Å². The van der Waals surface area contributed by atoms with E-state index in [1.807, 2.05) is 11.0 Å². The Hall–Kier alpha value is -3.10. The topological polar surface area (TPSA) is 134 Å². The van der Waals surface area contributed by atoms with E-state index >= 15 is 0 Å². The summed E-state index contributed by atoms with van der Waals surface area (Å²) in [6.07, 6.45) is 2.90. The first-order valence-corrected chi connectivity index (χ1v) is 10.1. The van der Waals surface area contributed by atoms with Gasteiger partial charge in [0.05, 0.1) is 28.7 Å². The highest BCUT2D eigenvalue weighted by Gasteiger charge is 2.38. The number of nitrogens with one attached hydrogen (secondary N) is 1. The fraction of sp³-hybridized carbons (Fsp3) is 0.333. The molecule has 8 heteroatoms. The van der Waals surface area contributed by atoms with Crippen molar-refractivity contribution < 1.29 is 9.79 Å². The average Bonchev–Trinajstić information content (AvgIpc) is 2.73. The summed E-state index contributed by atoms with van der Waals surface area (Å²) >= 11 is 3.51. The average molecular weight is 454 g/mol. The van der Waals surface area contributed by atoms with E-state index < -0.39 is 5.92 Å². The van der Waals surface area contributed by atoms with Crippen molar-refractivity contribution in [3.05, 3.63) is 56.8 Å². The molecule has 0 aromatic heterocycles. The molecule has 0 aliphatic carbocycles. The number of nitrogens with two attached hydrogens (primary N) is 2. The Bertz CT molecular complexity index is 1020. The van der Waals surface area contributed by atoms with Crippen molar-refractivity contribution in [2.45, 2.75) is 25.7 Å². The molecule has 2 aliphatic heterocycles. The molecular weight excluding hydrogens is 432 g/mol. The maximum absolute atomic E-state index is 11.6.